The molecule has 0 aliphatic rings. The van der Waals surface area contributed by atoms with Crippen LogP contribution in [0.15, 0.2) is 40.8 Å². The average molecular weight is 313 g/mol. The molecule has 1 aromatic heterocycles. The normalized spacial score (nSPS) is 13.3. The number of rotatable bonds is 6. The summed E-state index contributed by atoms with van der Waals surface area (Å²) < 4.78 is 43.7. The molecule has 1 heterocycles. The summed E-state index contributed by atoms with van der Waals surface area (Å²) in [6, 6.07) is 8.37. The molecule has 2 rings (SSSR count). The maximum atomic E-state index is 12.7. The molecule has 0 saturated carbocycles. The van der Waals surface area contributed by atoms with Gasteiger partial charge in [0.1, 0.15) is 11.5 Å². The number of aliphatic hydroxyl groups excluding tert-OH is 1. The molecule has 0 saturated heterocycles. The average Bonchev–Trinajstić information content (AvgIpc) is 2.96. The predicted molar refractivity (Wildman–Crippen MR) is 77.2 cm³/mol. The first-order valence-corrected chi connectivity index (χ1v) is 7.04. The second-order valence-electron chi connectivity index (χ2n) is 5.01. The zero-order valence-electron chi connectivity index (χ0n) is 12.2. The lowest BCUT2D eigenvalue weighted by molar-refractivity contribution is -0.137. The lowest BCUT2D eigenvalue weighted by atomic mass is 10.1. The molecule has 22 heavy (non-hydrogen) atoms. The van der Waals surface area contributed by atoms with Crippen LogP contribution < -0.4 is 5.32 Å². The third-order valence-electron chi connectivity index (χ3n) is 3.41. The Morgan fingerprint density at radius 3 is 2.64 bits per heavy atom. The van der Waals surface area contributed by atoms with Crippen molar-refractivity contribution in [3.8, 4) is 11.3 Å². The minimum atomic E-state index is -4.37. The van der Waals surface area contributed by atoms with Crippen molar-refractivity contribution in [2.24, 2.45) is 0 Å². The van der Waals surface area contributed by atoms with Gasteiger partial charge in [-0.05, 0) is 30.7 Å². The van der Waals surface area contributed by atoms with Gasteiger partial charge in [-0.3, -0.25) is 0 Å². The molecule has 0 bridgehead atoms. The predicted octanol–water partition coefficient (Wildman–Crippen LogP) is 3.83. The minimum Gasteiger partial charge on any atom is -0.460 e. The Kier molecular flexibility index (Phi) is 5.26. The van der Waals surface area contributed by atoms with Crippen molar-refractivity contribution in [2.45, 2.75) is 32.1 Å². The maximum absolute atomic E-state index is 12.7. The molecule has 0 radical (unpaired) electrons. The van der Waals surface area contributed by atoms with E-state index in [0.717, 1.165) is 18.6 Å². The van der Waals surface area contributed by atoms with Gasteiger partial charge in [0, 0.05) is 11.6 Å². The molecule has 0 spiro atoms. The first kappa shape index (κ1) is 16.6. The van der Waals surface area contributed by atoms with Gasteiger partial charge in [-0.2, -0.15) is 13.2 Å². The highest BCUT2D eigenvalue weighted by molar-refractivity contribution is 5.58. The van der Waals surface area contributed by atoms with Crippen LogP contribution in [-0.4, -0.2) is 17.8 Å². The van der Waals surface area contributed by atoms with Crippen LogP contribution in [-0.2, 0) is 12.7 Å². The Bertz CT molecular complexity index is 603. The number of halogens is 3. The van der Waals surface area contributed by atoms with Gasteiger partial charge in [-0.15, -0.1) is 0 Å². The highest BCUT2D eigenvalue weighted by Gasteiger charge is 2.30. The van der Waals surface area contributed by atoms with Crippen molar-refractivity contribution in [3.05, 3.63) is 47.7 Å². The lowest BCUT2D eigenvalue weighted by Crippen LogP contribution is -2.30. The summed E-state index contributed by atoms with van der Waals surface area (Å²) in [5.74, 6) is 0.999. The highest BCUT2D eigenvalue weighted by Crippen LogP contribution is 2.32. The fourth-order valence-electron chi connectivity index (χ4n) is 2.06. The van der Waals surface area contributed by atoms with E-state index in [-0.39, 0.29) is 12.6 Å². The zero-order chi connectivity index (χ0) is 16.2. The van der Waals surface area contributed by atoms with E-state index < -0.39 is 11.7 Å². The van der Waals surface area contributed by atoms with Crippen LogP contribution in [0.3, 0.4) is 0 Å². The monoisotopic (exact) mass is 313 g/mol. The molecule has 0 aliphatic heterocycles. The first-order chi connectivity index (χ1) is 10.4. The minimum absolute atomic E-state index is 0.0255. The second-order valence-corrected chi connectivity index (χ2v) is 5.01. The van der Waals surface area contributed by atoms with E-state index in [1.54, 1.807) is 18.2 Å². The van der Waals surface area contributed by atoms with Crippen LogP contribution in [0.1, 0.15) is 24.7 Å². The summed E-state index contributed by atoms with van der Waals surface area (Å²) in [7, 11) is 0. The van der Waals surface area contributed by atoms with Crippen LogP contribution >= 0.6 is 0 Å². The number of hydrogen-bond donors (Lipinski definition) is 2. The molecule has 120 valence electrons. The van der Waals surface area contributed by atoms with E-state index in [2.05, 4.69) is 5.32 Å². The van der Waals surface area contributed by atoms with Crippen molar-refractivity contribution in [2.75, 3.05) is 6.61 Å². The van der Waals surface area contributed by atoms with Gasteiger partial charge in [0.15, 0.2) is 0 Å². The summed E-state index contributed by atoms with van der Waals surface area (Å²) >= 11 is 0. The Balaban J connectivity index is 2.11. The third kappa shape index (κ3) is 4.11. The topological polar surface area (TPSA) is 45.4 Å². The Morgan fingerprint density at radius 1 is 1.23 bits per heavy atom. The third-order valence-corrected chi connectivity index (χ3v) is 3.41. The molecular weight excluding hydrogens is 295 g/mol. The molecule has 3 nitrogen and oxygen atoms in total. The van der Waals surface area contributed by atoms with E-state index in [4.69, 9.17) is 9.52 Å². The smallest absolute Gasteiger partial charge is 0.416 e. The molecule has 2 N–H and O–H groups in total. The number of benzene rings is 1. The second kappa shape index (κ2) is 6.98. The van der Waals surface area contributed by atoms with E-state index >= 15 is 0 Å². The highest BCUT2D eigenvalue weighted by atomic mass is 19.4. The maximum Gasteiger partial charge on any atom is 0.416 e. The van der Waals surface area contributed by atoms with Crippen molar-refractivity contribution in [1.29, 1.82) is 0 Å². The first-order valence-electron chi connectivity index (χ1n) is 7.04. The van der Waals surface area contributed by atoms with Gasteiger partial charge >= 0.3 is 6.18 Å². The Labute approximate surface area is 126 Å². The molecule has 0 unspecified atom stereocenters. The van der Waals surface area contributed by atoms with Crippen molar-refractivity contribution < 1.29 is 22.7 Å². The van der Waals surface area contributed by atoms with Crippen LogP contribution in [0.25, 0.3) is 11.3 Å². The summed E-state index contributed by atoms with van der Waals surface area (Å²) in [6.45, 7) is 2.39. The van der Waals surface area contributed by atoms with Crippen LogP contribution in [0, 0.1) is 0 Å². The largest absolute Gasteiger partial charge is 0.460 e. The van der Waals surface area contributed by atoms with Gasteiger partial charge in [0.05, 0.1) is 18.7 Å². The van der Waals surface area contributed by atoms with Gasteiger partial charge in [0.2, 0.25) is 0 Å². The molecular formula is C16H18F3NO2. The van der Waals surface area contributed by atoms with E-state index in [1.807, 2.05) is 6.92 Å². The number of alkyl halides is 3. The summed E-state index contributed by atoms with van der Waals surface area (Å²) in [5, 5.41) is 12.2. The van der Waals surface area contributed by atoms with Crippen molar-refractivity contribution in [3.63, 3.8) is 0 Å². The van der Waals surface area contributed by atoms with Crippen LogP contribution in [0.5, 0.6) is 0 Å². The van der Waals surface area contributed by atoms with Crippen molar-refractivity contribution in [1.82, 2.24) is 5.32 Å². The van der Waals surface area contributed by atoms with Crippen LogP contribution in [0.4, 0.5) is 13.2 Å². The number of furan rings is 1. The Hall–Kier alpha value is -1.79. The number of nitrogens with one attached hydrogen (secondary N) is 1. The van der Waals surface area contributed by atoms with E-state index in [0.29, 0.717) is 23.6 Å². The lowest BCUT2D eigenvalue weighted by Gasteiger charge is -2.12. The number of aliphatic hydroxyl groups is 1. The number of hydrogen-bond acceptors (Lipinski definition) is 3. The molecule has 0 amide bonds. The standard InChI is InChI=1S/C16H18F3NO2/c1-2-13(10-21)20-9-14-6-7-15(22-14)11-4-3-5-12(8-11)16(17,18)19/h3-8,13,20-21H,2,9-10H2,1H3/t13-/m1/s1. The molecule has 2 aromatic rings. The molecule has 0 fully saturated rings. The van der Waals surface area contributed by atoms with Gasteiger partial charge in [0.25, 0.3) is 0 Å². The molecule has 1 aromatic carbocycles. The molecule has 1 atom stereocenters. The Morgan fingerprint density at radius 2 is 2.00 bits per heavy atom. The molecule has 0 aliphatic carbocycles. The summed E-state index contributed by atoms with van der Waals surface area (Å²) in [5.41, 5.74) is -0.317. The van der Waals surface area contributed by atoms with Crippen molar-refractivity contribution >= 4 is 0 Å². The zero-order valence-corrected chi connectivity index (χ0v) is 12.2. The van der Waals surface area contributed by atoms with E-state index in [9.17, 15) is 13.2 Å². The SMILES string of the molecule is CC[C@H](CO)NCc1ccc(-c2cccc(C(F)(F)F)c2)o1. The van der Waals surface area contributed by atoms with E-state index in [1.165, 1.54) is 6.07 Å². The quantitative estimate of drug-likeness (QED) is 0.852. The fourth-order valence-corrected chi connectivity index (χ4v) is 2.06. The van der Waals surface area contributed by atoms with Gasteiger partial charge < -0.3 is 14.8 Å². The summed E-state index contributed by atoms with van der Waals surface area (Å²) in [4.78, 5) is 0. The molecule has 6 heteroatoms. The van der Waals surface area contributed by atoms with Gasteiger partial charge in [-0.25, -0.2) is 0 Å². The summed E-state index contributed by atoms with van der Waals surface area (Å²) in [6.07, 6.45) is -3.60. The van der Waals surface area contributed by atoms with Crippen LogP contribution in [0.2, 0.25) is 0 Å². The fraction of sp³-hybridized carbons (Fsp3) is 0.375. The van der Waals surface area contributed by atoms with Gasteiger partial charge in [-0.1, -0.05) is 19.1 Å².